The third kappa shape index (κ3) is 5.20. The molecule has 0 saturated heterocycles. The number of rotatable bonds is 9. The minimum absolute atomic E-state index is 0.0271. The fourth-order valence-electron chi connectivity index (χ4n) is 3.32. The van der Waals surface area contributed by atoms with Gasteiger partial charge < -0.3 is 25.3 Å². The highest BCUT2D eigenvalue weighted by Gasteiger charge is 2.44. The predicted molar refractivity (Wildman–Crippen MR) is 105 cm³/mol. The van der Waals surface area contributed by atoms with Crippen molar-refractivity contribution in [1.82, 2.24) is 5.32 Å². The Bertz CT molecular complexity index is 1010. The maximum atomic E-state index is 14.9. The smallest absolute Gasteiger partial charge is 0.337 e. The molecule has 0 aromatic heterocycles. The molecule has 1 heterocycles. The van der Waals surface area contributed by atoms with E-state index < -0.39 is 88.7 Å². The standard InChI is InChI=1S/C21H22F6N2O5/c1-8(2)34-21(31)12-10(7-33-5-4-28)29-9(6-22)11(20(30)32-3)13(12)14-15(23)17(25)19(27)18(26)16(14)24/h8,13,29H,4-7,28H2,1-3H3. The number of dihydropyridines is 1. The van der Waals surface area contributed by atoms with Gasteiger partial charge >= 0.3 is 11.9 Å². The van der Waals surface area contributed by atoms with Crippen LogP contribution in [0.15, 0.2) is 22.5 Å². The summed E-state index contributed by atoms with van der Waals surface area (Å²) in [5, 5.41) is 2.42. The molecule has 0 radical (unpaired) electrons. The van der Waals surface area contributed by atoms with Crippen LogP contribution in [0.2, 0.25) is 0 Å². The Morgan fingerprint density at radius 1 is 0.941 bits per heavy atom. The number of ether oxygens (including phenoxy) is 3. The van der Waals surface area contributed by atoms with Gasteiger partial charge in [-0.15, -0.1) is 0 Å². The minimum atomic E-state index is -2.45. The molecule has 3 N–H and O–H groups in total. The van der Waals surface area contributed by atoms with E-state index in [0.717, 1.165) is 7.11 Å². The summed E-state index contributed by atoms with van der Waals surface area (Å²) in [4.78, 5) is 25.5. The topological polar surface area (TPSA) is 99.9 Å². The van der Waals surface area contributed by atoms with Gasteiger partial charge in [0.15, 0.2) is 23.3 Å². The maximum absolute atomic E-state index is 14.9. The van der Waals surface area contributed by atoms with Gasteiger partial charge in [-0.3, -0.25) is 0 Å². The van der Waals surface area contributed by atoms with Crippen LogP contribution in [-0.2, 0) is 23.8 Å². The van der Waals surface area contributed by atoms with Gasteiger partial charge in [-0.05, 0) is 13.8 Å². The Morgan fingerprint density at radius 2 is 1.47 bits per heavy atom. The van der Waals surface area contributed by atoms with Crippen LogP contribution in [0.3, 0.4) is 0 Å². The van der Waals surface area contributed by atoms with Crippen LogP contribution < -0.4 is 11.1 Å². The lowest BCUT2D eigenvalue weighted by atomic mass is 9.79. The van der Waals surface area contributed by atoms with Crippen molar-refractivity contribution in [1.29, 1.82) is 0 Å². The summed E-state index contributed by atoms with van der Waals surface area (Å²) >= 11 is 0. The molecule has 13 heteroatoms. The second-order valence-corrected chi connectivity index (χ2v) is 7.25. The van der Waals surface area contributed by atoms with Gasteiger partial charge in [0, 0.05) is 12.1 Å². The van der Waals surface area contributed by atoms with Crippen LogP contribution in [0.1, 0.15) is 25.3 Å². The molecule has 1 aliphatic heterocycles. The molecule has 1 unspecified atom stereocenters. The highest BCUT2D eigenvalue weighted by molar-refractivity contribution is 6.00. The largest absolute Gasteiger partial charge is 0.466 e. The number of nitrogens with two attached hydrogens (primary N) is 1. The van der Waals surface area contributed by atoms with Crippen molar-refractivity contribution < 1.29 is 50.1 Å². The van der Waals surface area contributed by atoms with Crippen LogP contribution in [0.25, 0.3) is 0 Å². The molecule has 0 amide bonds. The molecule has 2 rings (SSSR count). The molecule has 1 aromatic carbocycles. The van der Waals surface area contributed by atoms with E-state index in [1.165, 1.54) is 13.8 Å². The molecular weight excluding hydrogens is 474 g/mol. The molecule has 1 atom stereocenters. The van der Waals surface area contributed by atoms with Gasteiger partial charge in [-0.2, -0.15) is 0 Å². The van der Waals surface area contributed by atoms with Gasteiger partial charge in [0.1, 0.15) is 6.67 Å². The van der Waals surface area contributed by atoms with Crippen LogP contribution >= 0.6 is 0 Å². The van der Waals surface area contributed by atoms with E-state index in [1.54, 1.807) is 0 Å². The number of hydrogen-bond donors (Lipinski definition) is 2. The first-order valence-corrected chi connectivity index (χ1v) is 9.89. The lowest BCUT2D eigenvalue weighted by molar-refractivity contribution is -0.143. The molecule has 34 heavy (non-hydrogen) atoms. The quantitative estimate of drug-likeness (QED) is 0.178. The van der Waals surface area contributed by atoms with Gasteiger partial charge in [-0.1, -0.05) is 0 Å². The zero-order chi connectivity index (χ0) is 25.7. The number of alkyl halides is 1. The van der Waals surface area contributed by atoms with E-state index in [0.29, 0.717) is 0 Å². The van der Waals surface area contributed by atoms with Gasteiger partial charge in [0.05, 0.1) is 54.9 Å². The molecule has 188 valence electrons. The van der Waals surface area contributed by atoms with E-state index in [-0.39, 0.29) is 18.8 Å². The van der Waals surface area contributed by atoms with E-state index in [2.05, 4.69) is 10.1 Å². The van der Waals surface area contributed by atoms with Crippen molar-refractivity contribution >= 4 is 11.9 Å². The summed E-state index contributed by atoms with van der Waals surface area (Å²) in [5.74, 6) is -16.7. The van der Waals surface area contributed by atoms with Gasteiger partial charge in [0.2, 0.25) is 5.82 Å². The highest BCUT2D eigenvalue weighted by atomic mass is 19.2. The number of hydrogen-bond acceptors (Lipinski definition) is 7. The third-order valence-corrected chi connectivity index (χ3v) is 4.67. The van der Waals surface area contributed by atoms with Crippen molar-refractivity contribution in [2.24, 2.45) is 5.73 Å². The second-order valence-electron chi connectivity index (χ2n) is 7.25. The van der Waals surface area contributed by atoms with Crippen LogP contribution in [0.4, 0.5) is 26.3 Å². The Balaban J connectivity index is 2.96. The van der Waals surface area contributed by atoms with Crippen molar-refractivity contribution in [2.45, 2.75) is 25.9 Å². The van der Waals surface area contributed by atoms with E-state index >= 15 is 0 Å². The first kappa shape index (κ1) is 27.2. The van der Waals surface area contributed by atoms with E-state index in [1.807, 2.05) is 0 Å². The van der Waals surface area contributed by atoms with Gasteiger partial charge in [0.25, 0.3) is 0 Å². The number of carbonyl (C=O) groups is 2. The fraction of sp³-hybridized carbons (Fsp3) is 0.429. The first-order valence-electron chi connectivity index (χ1n) is 9.89. The normalized spacial score (nSPS) is 16.1. The summed E-state index contributed by atoms with van der Waals surface area (Å²) < 4.78 is 100. The Kier molecular flexibility index (Phi) is 9.10. The summed E-state index contributed by atoms with van der Waals surface area (Å²) in [6.45, 7) is 0.836. The lowest BCUT2D eigenvalue weighted by Crippen LogP contribution is -2.37. The third-order valence-electron chi connectivity index (χ3n) is 4.67. The number of halogens is 6. The molecule has 0 spiro atoms. The molecule has 0 aliphatic carbocycles. The number of carbonyl (C=O) groups excluding carboxylic acids is 2. The van der Waals surface area contributed by atoms with Gasteiger partial charge in [-0.25, -0.2) is 35.9 Å². The average Bonchev–Trinajstić information content (AvgIpc) is 2.80. The Morgan fingerprint density at radius 3 is 1.94 bits per heavy atom. The van der Waals surface area contributed by atoms with Crippen molar-refractivity contribution in [3.8, 4) is 0 Å². The summed E-state index contributed by atoms with van der Waals surface area (Å²) in [7, 11) is 0.844. The number of benzene rings is 1. The second kappa shape index (κ2) is 11.4. The Hall–Kier alpha value is -3.06. The Labute approximate surface area is 190 Å². The molecule has 0 saturated carbocycles. The summed E-state index contributed by atoms with van der Waals surface area (Å²) in [6, 6.07) is 0. The van der Waals surface area contributed by atoms with Crippen molar-refractivity contribution in [3.05, 3.63) is 57.2 Å². The van der Waals surface area contributed by atoms with Crippen LogP contribution in [0, 0.1) is 29.1 Å². The predicted octanol–water partition coefficient (Wildman–Crippen LogP) is 2.65. The molecule has 7 nitrogen and oxygen atoms in total. The molecular formula is C21H22F6N2O5. The number of allylic oxidation sites excluding steroid dienone is 1. The minimum Gasteiger partial charge on any atom is -0.466 e. The average molecular weight is 496 g/mol. The summed E-state index contributed by atoms with van der Waals surface area (Å²) in [6.07, 6.45) is -0.795. The number of esters is 2. The fourth-order valence-corrected chi connectivity index (χ4v) is 3.32. The maximum Gasteiger partial charge on any atom is 0.337 e. The molecule has 0 fully saturated rings. The molecule has 0 bridgehead atoms. The molecule has 1 aromatic rings. The van der Waals surface area contributed by atoms with E-state index in [9.17, 15) is 35.9 Å². The van der Waals surface area contributed by atoms with Crippen LogP contribution in [-0.4, -0.2) is 51.6 Å². The number of methoxy groups -OCH3 is 1. The highest BCUT2D eigenvalue weighted by Crippen LogP contribution is 2.43. The number of nitrogens with one attached hydrogen (secondary N) is 1. The zero-order valence-corrected chi connectivity index (χ0v) is 18.4. The zero-order valence-electron chi connectivity index (χ0n) is 18.4. The van der Waals surface area contributed by atoms with Crippen LogP contribution in [0.5, 0.6) is 0 Å². The monoisotopic (exact) mass is 496 g/mol. The summed E-state index contributed by atoms with van der Waals surface area (Å²) in [5.41, 5.74) is 1.21. The van der Waals surface area contributed by atoms with Crippen molar-refractivity contribution in [2.75, 3.05) is 33.5 Å². The first-order chi connectivity index (χ1) is 16.0. The molecule has 1 aliphatic rings. The van der Waals surface area contributed by atoms with Crippen molar-refractivity contribution in [3.63, 3.8) is 0 Å². The SMILES string of the molecule is COC(=O)C1=C(CF)NC(COCCN)=C(C(=O)OC(C)C)C1c1c(F)c(F)c(F)c(F)c1F. The lowest BCUT2D eigenvalue weighted by Gasteiger charge is -2.32. The van der Waals surface area contributed by atoms with E-state index in [4.69, 9.17) is 15.2 Å².